The quantitative estimate of drug-likeness (QED) is 0.0704. The summed E-state index contributed by atoms with van der Waals surface area (Å²) in [6.45, 7) is 13.1. The molecule has 0 aromatic rings. The van der Waals surface area contributed by atoms with Crippen molar-refractivity contribution in [1.82, 2.24) is 0 Å². The van der Waals surface area contributed by atoms with Crippen LogP contribution < -0.4 is 17.0 Å². The van der Waals surface area contributed by atoms with Crippen LogP contribution in [0.4, 0.5) is 0 Å². The smallest absolute Gasteiger partial charge is 0.128 e. The van der Waals surface area contributed by atoms with Crippen LogP contribution in [0.15, 0.2) is 0 Å². The van der Waals surface area contributed by atoms with Crippen LogP contribution in [0.3, 0.4) is 0 Å². The molecule has 1 fully saturated rings. The van der Waals surface area contributed by atoms with Crippen molar-refractivity contribution >= 4 is 0 Å². The highest BCUT2D eigenvalue weighted by atomic mass is 79.9. The molecule has 0 spiro atoms. The molecule has 0 amide bonds. The maximum atomic E-state index is 2.57. The zero-order chi connectivity index (χ0) is 26.9. The maximum absolute atomic E-state index is 2.57. The highest BCUT2D eigenvalue weighted by molar-refractivity contribution is 4.55. The lowest BCUT2D eigenvalue weighted by atomic mass is 10.1. The van der Waals surface area contributed by atoms with Crippen molar-refractivity contribution in [2.45, 2.75) is 174 Å². The molecular formula is C35H74BrN2+. The first-order valence-corrected chi connectivity index (χ1v) is 17.7. The maximum Gasteiger partial charge on any atom is 0.128 e. The highest BCUT2D eigenvalue weighted by Gasteiger charge is 2.32. The topological polar surface area (TPSA) is 0 Å². The number of quaternary nitrogens is 2. The number of likely N-dealkylation sites (N-methyl/N-ethyl adjacent to an activating group) is 2. The average Bonchev–Trinajstić information content (AvgIpc) is 3.04. The fourth-order valence-electron chi connectivity index (χ4n) is 6.66. The summed E-state index contributed by atoms with van der Waals surface area (Å²) in [6, 6.07) is 0. The monoisotopic (exact) mass is 602 g/mol. The molecule has 0 aliphatic carbocycles. The van der Waals surface area contributed by atoms with Gasteiger partial charge in [0.1, 0.15) is 13.1 Å². The Labute approximate surface area is 253 Å². The second-order valence-corrected chi connectivity index (χ2v) is 13.7. The molecular weight excluding hydrogens is 528 g/mol. The third-order valence-electron chi connectivity index (χ3n) is 9.68. The van der Waals surface area contributed by atoms with Crippen LogP contribution in [-0.2, 0) is 0 Å². The van der Waals surface area contributed by atoms with Gasteiger partial charge in [0.25, 0.3) is 0 Å². The van der Waals surface area contributed by atoms with Gasteiger partial charge in [-0.1, -0.05) is 142 Å². The summed E-state index contributed by atoms with van der Waals surface area (Å²) in [7, 11) is 5.13. The van der Waals surface area contributed by atoms with Crippen molar-refractivity contribution in [1.29, 1.82) is 0 Å². The minimum Gasteiger partial charge on any atom is -1.00 e. The largest absolute Gasteiger partial charge is 1.00 e. The molecule has 1 heterocycles. The van der Waals surface area contributed by atoms with Gasteiger partial charge in [0, 0.05) is 6.42 Å². The predicted molar refractivity (Wildman–Crippen MR) is 168 cm³/mol. The normalized spacial score (nSPS) is 21.8. The second-order valence-electron chi connectivity index (χ2n) is 13.7. The van der Waals surface area contributed by atoms with E-state index in [0.717, 1.165) is 0 Å². The number of hydrogen-bond acceptors (Lipinski definition) is 0. The molecule has 230 valence electrons. The molecule has 1 aliphatic rings. The van der Waals surface area contributed by atoms with Gasteiger partial charge in [-0.15, -0.1) is 0 Å². The van der Waals surface area contributed by atoms with Crippen LogP contribution in [0.2, 0.25) is 0 Å². The van der Waals surface area contributed by atoms with E-state index in [2.05, 4.69) is 27.9 Å². The van der Waals surface area contributed by atoms with E-state index in [4.69, 9.17) is 0 Å². The molecule has 38 heavy (non-hydrogen) atoms. The first-order chi connectivity index (χ1) is 18.0. The van der Waals surface area contributed by atoms with Crippen LogP contribution in [-0.4, -0.2) is 62.3 Å². The summed E-state index contributed by atoms with van der Waals surface area (Å²) in [5.74, 6) is 0. The predicted octanol–water partition coefficient (Wildman–Crippen LogP) is 7.69. The molecule has 0 bridgehead atoms. The molecule has 2 unspecified atom stereocenters. The Bertz CT molecular complexity index is 443. The molecule has 0 N–H and O–H groups in total. The molecule has 1 aliphatic heterocycles. The Balaban J connectivity index is 0.0000137. The van der Waals surface area contributed by atoms with Crippen LogP contribution in [0.5, 0.6) is 0 Å². The van der Waals surface area contributed by atoms with E-state index in [1.54, 1.807) is 0 Å². The highest BCUT2D eigenvalue weighted by Crippen LogP contribution is 2.20. The molecule has 2 atom stereocenters. The van der Waals surface area contributed by atoms with Crippen molar-refractivity contribution in [3.05, 3.63) is 0 Å². The molecule has 2 nitrogen and oxygen atoms in total. The van der Waals surface area contributed by atoms with Gasteiger partial charge in [-0.25, -0.2) is 0 Å². The summed E-state index contributed by atoms with van der Waals surface area (Å²) in [6.07, 6.45) is 36.5. The van der Waals surface area contributed by atoms with E-state index in [1.165, 1.54) is 209 Å². The van der Waals surface area contributed by atoms with Gasteiger partial charge in [0.15, 0.2) is 0 Å². The number of nitrogens with zero attached hydrogens (tertiary/aromatic N) is 2. The van der Waals surface area contributed by atoms with E-state index in [1.807, 2.05) is 0 Å². The Morgan fingerprint density at radius 2 is 0.579 bits per heavy atom. The number of unbranched alkanes of at least 4 members (excludes halogenated alkanes) is 22. The molecule has 0 radical (unpaired) electrons. The lowest BCUT2D eigenvalue weighted by Gasteiger charge is -2.35. The second kappa shape index (κ2) is 26.3. The van der Waals surface area contributed by atoms with Gasteiger partial charge >= 0.3 is 0 Å². The zero-order valence-electron chi connectivity index (χ0n) is 27.2. The number of halogens is 1. The van der Waals surface area contributed by atoms with Gasteiger partial charge < -0.3 is 25.9 Å². The van der Waals surface area contributed by atoms with E-state index < -0.39 is 0 Å². The summed E-state index contributed by atoms with van der Waals surface area (Å²) >= 11 is 0. The lowest BCUT2D eigenvalue weighted by molar-refractivity contribution is -0.946. The SMILES string of the molecule is CCCCCCCCCCCCCC[N+]1(C)CCC[N+](C)(CCCCCCCCCCCCCC)CC1.[Br-]. The summed E-state index contributed by atoms with van der Waals surface area (Å²) < 4.78 is 2.70. The molecule has 0 saturated carbocycles. The number of hydrogen-bond donors (Lipinski definition) is 0. The third-order valence-corrected chi connectivity index (χ3v) is 9.68. The van der Waals surface area contributed by atoms with E-state index in [0.29, 0.717) is 0 Å². The standard InChI is InChI=1S/C35H74N2.BrH/c1-5-7-9-11-13-15-17-19-21-23-25-27-30-36(3)32-29-33-37(4,35-34-36)31-28-26-24-22-20-18-16-14-12-10-8-6-2;/h5-35H2,1-4H3;1H/q+2;/p-1. The Hall–Kier alpha value is 0.400. The molecule has 3 heteroatoms. The summed E-state index contributed by atoms with van der Waals surface area (Å²) in [4.78, 5) is 0. The van der Waals surface area contributed by atoms with Crippen molar-refractivity contribution in [3.8, 4) is 0 Å². The van der Waals surface area contributed by atoms with Crippen LogP contribution in [0.25, 0.3) is 0 Å². The van der Waals surface area contributed by atoms with Gasteiger partial charge in [-0.05, 0) is 25.7 Å². The van der Waals surface area contributed by atoms with Crippen LogP contribution in [0, 0.1) is 0 Å². The lowest BCUT2D eigenvalue weighted by Crippen LogP contribution is -3.00. The zero-order valence-corrected chi connectivity index (χ0v) is 28.8. The molecule has 1 rings (SSSR count). The molecule has 0 aromatic carbocycles. The van der Waals surface area contributed by atoms with Crippen molar-refractivity contribution in [2.75, 3.05) is 53.4 Å². The minimum atomic E-state index is 0. The Morgan fingerprint density at radius 3 is 0.842 bits per heavy atom. The summed E-state index contributed by atoms with van der Waals surface area (Å²) in [5.41, 5.74) is 0. The van der Waals surface area contributed by atoms with Crippen molar-refractivity contribution < 1.29 is 25.9 Å². The first-order valence-electron chi connectivity index (χ1n) is 17.7. The average molecular weight is 603 g/mol. The van der Waals surface area contributed by atoms with Gasteiger partial charge in [-0.2, -0.15) is 0 Å². The van der Waals surface area contributed by atoms with Crippen LogP contribution in [0.1, 0.15) is 174 Å². The molecule has 1 saturated heterocycles. The fourth-order valence-corrected chi connectivity index (χ4v) is 6.66. The minimum absolute atomic E-state index is 0. The third kappa shape index (κ3) is 22.1. The van der Waals surface area contributed by atoms with Gasteiger partial charge in [0.2, 0.25) is 0 Å². The number of rotatable bonds is 26. The fraction of sp³-hybridized carbons (Fsp3) is 1.00. The van der Waals surface area contributed by atoms with Crippen LogP contribution >= 0.6 is 0 Å². The van der Waals surface area contributed by atoms with Gasteiger partial charge in [-0.3, -0.25) is 0 Å². The Morgan fingerprint density at radius 1 is 0.342 bits per heavy atom. The first kappa shape index (κ1) is 38.4. The van der Waals surface area contributed by atoms with Crippen molar-refractivity contribution in [2.24, 2.45) is 0 Å². The van der Waals surface area contributed by atoms with E-state index in [-0.39, 0.29) is 17.0 Å². The van der Waals surface area contributed by atoms with E-state index >= 15 is 0 Å². The van der Waals surface area contributed by atoms with E-state index in [9.17, 15) is 0 Å². The Kier molecular flexibility index (Phi) is 26.6. The van der Waals surface area contributed by atoms with Crippen molar-refractivity contribution in [3.63, 3.8) is 0 Å². The molecule has 0 aromatic heterocycles. The summed E-state index contributed by atoms with van der Waals surface area (Å²) in [5, 5.41) is 0. The van der Waals surface area contributed by atoms with Gasteiger partial charge in [0.05, 0.1) is 40.3 Å².